The molecule has 0 fully saturated rings. The van der Waals surface area contributed by atoms with Crippen LogP contribution in [0.3, 0.4) is 0 Å². The van der Waals surface area contributed by atoms with Gasteiger partial charge in [0, 0.05) is 5.56 Å². The minimum Gasteiger partial charge on any atom is -0.488 e. The Labute approximate surface area is 125 Å². The van der Waals surface area contributed by atoms with Crippen LogP contribution in [-0.2, 0) is 4.84 Å². The molecule has 21 heavy (non-hydrogen) atoms. The molecular formula is C18H21NO2. The second-order valence-electron chi connectivity index (χ2n) is 5.36. The SMILES string of the molecule is CCCC1Oc2ccc(-c3ccccc3)cc2C1NOC. The summed E-state index contributed by atoms with van der Waals surface area (Å²) in [6.45, 7) is 2.17. The van der Waals surface area contributed by atoms with Gasteiger partial charge in [-0.3, -0.25) is 0 Å². The van der Waals surface area contributed by atoms with Gasteiger partial charge in [0.1, 0.15) is 11.9 Å². The van der Waals surface area contributed by atoms with E-state index in [1.165, 1.54) is 16.7 Å². The molecule has 0 amide bonds. The summed E-state index contributed by atoms with van der Waals surface area (Å²) in [6.07, 6.45) is 2.23. The summed E-state index contributed by atoms with van der Waals surface area (Å²) in [5.41, 5.74) is 6.69. The van der Waals surface area contributed by atoms with E-state index >= 15 is 0 Å². The molecule has 1 aliphatic heterocycles. The van der Waals surface area contributed by atoms with Crippen LogP contribution >= 0.6 is 0 Å². The highest BCUT2D eigenvalue weighted by Gasteiger charge is 2.34. The van der Waals surface area contributed by atoms with Crippen LogP contribution < -0.4 is 10.2 Å². The average molecular weight is 283 g/mol. The van der Waals surface area contributed by atoms with Crippen molar-refractivity contribution in [2.45, 2.75) is 31.9 Å². The van der Waals surface area contributed by atoms with Crippen molar-refractivity contribution in [2.75, 3.05) is 7.11 Å². The highest BCUT2D eigenvalue weighted by atomic mass is 16.6. The third-order valence-electron chi connectivity index (χ3n) is 3.92. The van der Waals surface area contributed by atoms with Gasteiger partial charge in [-0.15, -0.1) is 0 Å². The minimum absolute atomic E-state index is 0.0913. The highest BCUT2D eigenvalue weighted by molar-refractivity contribution is 5.66. The van der Waals surface area contributed by atoms with E-state index in [0.29, 0.717) is 0 Å². The van der Waals surface area contributed by atoms with Gasteiger partial charge in [0.15, 0.2) is 0 Å². The fourth-order valence-corrected chi connectivity index (χ4v) is 2.92. The fraction of sp³-hybridized carbons (Fsp3) is 0.333. The molecule has 1 aliphatic rings. The molecule has 2 aromatic rings. The second-order valence-corrected chi connectivity index (χ2v) is 5.36. The molecule has 1 heterocycles. The molecule has 1 N–H and O–H groups in total. The van der Waals surface area contributed by atoms with E-state index in [9.17, 15) is 0 Å². The summed E-state index contributed by atoms with van der Waals surface area (Å²) < 4.78 is 6.06. The molecule has 2 aromatic carbocycles. The molecule has 0 spiro atoms. The lowest BCUT2D eigenvalue weighted by Crippen LogP contribution is -2.30. The van der Waals surface area contributed by atoms with Gasteiger partial charge in [0.25, 0.3) is 0 Å². The molecule has 3 rings (SSSR count). The van der Waals surface area contributed by atoms with Crippen molar-refractivity contribution < 1.29 is 9.57 Å². The first-order valence-corrected chi connectivity index (χ1v) is 7.48. The topological polar surface area (TPSA) is 30.5 Å². The van der Waals surface area contributed by atoms with Crippen molar-refractivity contribution in [2.24, 2.45) is 0 Å². The molecule has 110 valence electrons. The zero-order valence-electron chi connectivity index (χ0n) is 12.5. The second kappa shape index (κ2) is 6.29. The Balaban J connectivity index is 1.95. The first-order valence-electron chi connectivity index (χ1n) is 7.48. The van der Waals surface area contributed by atoms with Crippen LogP contribution in [0, 0.1) is 0 Å². The Morgan fingerprint density at radius 3 is 2.62 bits per heavy atom. The van der Waals surface area contributed by atoms with Gasteiger partial charge in [-0.25, -0.2) is 0 Å². The van der Waals surface area contributed by atoms with Crippen molar-refractivity contribution in [3.63, 3.8) is 0 Å². The maximum Gasteiger partial charge on any atom is 0.124 e. The Bertz CT molecular complexity index is 597. The molecule has 0 saturated heterocycles. The quantitative estimate of drug-likeness (QED) is 0.838. The largest absolute Gasteiger partial charge is 0.488 e. The lowest BCUT2D eigenvalue weighted by atomic mass is 9.97. The van der Waals surface area contributed by atoms with Crippen LogP contribution in [0.25, 0.3) is 11.1 Å². The monoisotopic (exact) mass is 283 g/mol. The van der Waals surface area contributed by atoms with Gasteiger partial charge in [0.05, 0.1) is 13.2 Å². The normalized spacial score (nSPS) is 20.1. The summed E-state index contributed by atoms with van der Waals surface area (Å²) in [5, 5.41) is 0. The van der Waals surface area contributed by atoms with Crippen LogP contribution in [0.2, 0.25) is 0 Å². The zero-order chi connectivity index (χ0) is 14.7. The van der Waals surface area contributed by atoms with E-state index in [4.69, 9.17) is 9.57 Å². The van der Waals surface area contributed by atoms with Gasteiger partial charge >= 0.3 is 0 Å². The smallest absolute Gasteiger partial charge is 0.124 e. The average Bonchev–Trinajstić information content (AvgIpc) is 2.86. The Kier molecular flexibility index (Phi) is 4.23. The van der Waals surface area contributed by atoms with Gasteiger partial charge in [-0.1, -0.05) is 49.7 Å². The number of nitrogens with one attached hydrogen (secondary N) is 1. The zero-order valence-corrected chi connectivity index (χ0v) is 12.5. The third-order valence-corrected chi connectivity index (χ3v) is 3.92. The van der Waals surface area contributed by atoms with Gasteiger partial charge in [0.2, 0.25) is 0 Å². The predicted octanol–water partition coefficient (Wildman–Crippen LogP) is 4.11. The van der Waals surface area contributed by atoms with E-state index in [1.54, 1.807) is 7.11 Å². The number of fused-ring (bicyclic) bond motifs is 1. The van der Waals surface area contributed by atoms with E-state index in [0.717, 1.165) is 18.6 Å². The first kappa shape index (κ1) is 14.1. The van der Waals surface area contributed by atoms with Crippen molar-refractivity contribution in [1.82, 2.24) is 5.48 Å². The number of hydroxylamine groups is 1. The van der Waals surface area contributed by atoms with Crippen LogP contribution in [0.5, 0.6) is 5.75 Å². The molecule has 2 atom stereocenters. The molecule has 0 bridgehead atoms. The number of hydrogen-bond donors (Lipinski definition) is 1. The minimum atomic E-state index is 0.0913. The van der Waals surface area contributed by atoms with Crippen molar-refractivity contribution in [3.8, 4) is 16.9 Å². The fourth-order valence-electron chi connectivity index (χ4n) is 2.92. The van der Waals surface area contributed by atoms with E-state index in [2.05, 4.69) is 54.9 Å². The lowest BCUT2D eigenvalue weighted by Gasteiger charge is -2.18. The molecule has 0 aromatic heterocycles. The van der Waals surface area contributed by atoms with Crippen LogP contribution in [0.15, 0.2) is 48.5 Å². The van der Waals surface area contributed by atoms with Gasteiger partial charge in [-0.05, 0) is 29.7 Å². The summed E-state index contributed by atoms with van der Waals surface area (Å²) in [7, 11) is 1.65. The van der Waals surface area contributed by atoms with E-state index in [1.807, 2.05) is 6.07 Å². The van der Waals surface area contributed by atoms with Gasteiger partial charge in [-0.2, -0.15) is 5.48 Å². The molecule has 0 radical (unpaired) electrons. The Hall–Kier alpha value is -1.84. The third kappa shape index (κ3) is 2.80. The van der Waals surface area contributed by atoms with Crippen LogP contribution in [0.4, 0.5) is 0 Å². The summed E-state index contributed by atoms with van der Waals surface area (Å²) in [5.74, 6) is 0.961. The highest BCUT2D eigenvalue weighted by Crippen LogP contribution is 2.40. The molecular weight excluding hydrogens is 262 g/mol. The molecule has 3 heteroatoms. The standard InChI is InChI=1S/C18H21NO2/c1-3-7-17-18(19-20-2)15-12-14(10-11-16(15)21-17)13-8-5-4-6-9-13/h4-6,8-12,17-19H,3,7H2,1-2H3. The predicted molar refractivity (Wildman–Crippen MR) is 84.1 cm³/mol. The number of ether oxygens (including phenoxy) is 1. The number of rotatable bonds is 5. The maximum absolute atomic E-state index is 6.06. The summed E-state index contributed by atoms with van der Waals surface area (Å²) in [6, 6.07) is 16.9. The van der Waals surface area contributed by atoms with Crippen LogP contribution in [0.1, 0.15) is 31.4 Å². The van der Waals surface area contributed by atoms with Crippen molar-refractivity contribution in [3.05, 3.63) is 54.1 Å². The Morgan fingerprint density at radius 2 is 1.90 bits per heavy atom. The number of benzene rings is 2. The molecule has 0 saturated carbocycles. The van der Waals surface area contributed by atoms with Gasteiger partial charge < -0.3 is 9.57 Å². The first-order chi connectivity index (χ1) is 10.3. The van der Waals surface area contributed by atoms with E-state index < -0.39 is 0 Å². The molecule has 0 aliphatic carbocycles. The summed E-state index contributed by atoms with van der Waals surface area (Å²) >= 11 is 0. The summed E-state index contributed by atoms with van der Waals surface area (Å²) in [4.78, 5) is 5.17. The molecule has 2 unspecified atom stereocenters. The molecule has 3 nitrogen and oxygen atoms in total. The Morgan fingerprint density at radius 1 is 1.10 bits per heavy atom. The lowest BCUT2D eigenvalue weighted by molar-refractivity contribution is 0.0269. The number of hydrogen-bond acceptors (Lipinski definition) is 3. The van der Waals surface area contributed by atoms with E-state index in [-0.39, 0.29) is 12.1 Å². The maximum atomic E-state index is 6.06. The van der Waals surface area contributed by atoms with Crippen molar-refractivity contribution >= 4 is 0 Å². The van der Waals surface area contributed by atoms with Crippen molar-refractivity contribution in [1.29, 1.82) is 0 Å². The van der Waals surface area contributed by atoms with Crippen LogP contribution in [-0.4, -0.2) is 13.2 Å².